The van der Waals surface area contributed by atoms with Crippen molar-refractivity contribution in [1.82, 2.24) is 19.6 Å². The smallest absolute Gasteiger partial charge is 0.244 e. The first-order chi connectivity index (χ1) is 11.7. The van der Waals surface area contributed by atoms with Gasteiger partial charge in [0.05, 0.1) is 12.6 Å². The molecule has 5 nitrogen and oxygen atoms in total. The quantitative estimate of drug-likeness (QED) is 0.819. The Bertz CT molecular complexity index is 641. The van der Waals surface area contributed by atoms with Gasteiger partial charge in [-0.15, -0.1) is 0 Å². The lowest BCUT2D eigenvalue weighted by Gasteiger charge is -2.33. The molecule has 1 amide bonds. The third kappa shape index (κ3) is 3.51. The summed E-state index contributed by atoms with van der Waals surface area (Å²) in [6.07, 6.45) is 5.87. The fourth-order valence-electron chi connectivity index (χ4n) is 3.50. The van der Waals surface area contributed by atoms with Crippen LogP contribution >= 0.6 is 0 Å². The van der Waals surface area contributed by atoms with Crippen molar-refractivity contribution in [3.05, 3.63) is 54.4 Å². The molecule has 2 aromatic rings. The molecule has 0 aliphatic carbocycles. The van der Waals surface area contributed by atoms with Crippen LogP contribution in [-0.2, 0) is 11.3 Å². The van der Waals surface area contributed by atoms with Crippen molar-refractivity contribution >= 4 is 5.91 Å². The fourth-order valence-corrected chi connectivity index (χ4v) is 3.50. The summed E-state index contributed by atoms with van der Waals surface area (Å²) in [7, 11) is 2.02. The summed E-state index contributed by atoms with van der Waals surface area (Å²) in [6.45, 7) is 4.54. The molecule has 1 aliphatic rings. The predicted molar refractivity (Wildman–Crippen MR) is 94.4 cm³/mol. The predicted octanol–water partition coefficient (Wildman–Crippen LogP) is 2.57. The summed E-state index contributed by atoms with van der Waals surface area (Å²) in [5.74, 6) is 0.209. The Labute approximate surface area is 143 Å². The Kier molecular flexibility index (Phi) is 5.30. The molecule has 0 saturated carbocycles. The molecular formula is C19H26N4O. The van der Waals surface area contributed by atoms with Crippen LogP contribution in [0.15, 0.2) is 48.8 Å². The summed E-state index contributed by atoms with van der Waals surface area (Å²) in [5, 5.41) is 4.30. The monoisotopic (exact) mass is 326 g/mol. The molecule has 0 radical (unpaired) electrons. The van der Waals surface area contributed by atoms with Crippen LogP contribution in [0.2, 0.25) is 0 Å². The number of nitrogens with zero attached hydrogens (tertiary/aromatic N) is 4. The minimum atomic E-state index is -0.213. The second kappa shape index (κ2) is 7.62. The van der Waals surface area contributed by atoms with E-state index in [4.69, 9.17) is 0 Å². The van der Waals surface area contributed by atoms with Gasteiger partial charge in [-0.05, 0) is 38.1 Å². The van der Waals surface area contributed by atoms with Crippen molar-refractivity contribution in [2.75, 3.05) is 20.1 Å². The van der Waals surface area contributed by atoms with Gasteiger partial charge in [0.15, 0.2) is 0 Å². The van der Waals surface area contributed by atoms with E-state index in [1.54, 1.807) is 6.20 Å². The molecule has 128 valence electrons. The van der Waals surface area contributed by atoms with Crippen LogP contribution in [0.3, 0.4) is 0 Å². The summed E-state index contributed by atoms with van der Waals surface area (Å²) < 4.78 is 1.93. The number of benzene rings is 1. The number of rotatable bonds is 6. The van der Waals surface area contributed by atoms with Gasteiger partial charge >= 0.3 is 0 Å². The van der Waals surface area contributed by atoms with Gasteiger partial charge in [0.25, 0.3) is 0 Å². The van der Waals surface area contributed by atoms with Crippen LogP contribution in [0.5, 0.6) is 0 Å². The van der Waals surface area contributed by atoms with E-state index in [-0.39, 0.29) is 18.0 Å². The summed E-state index contributed by atoms with van der Waals surface area (Å²) in [5.41, 5.74) is 1.07. The number of likely N-dealkylation sites (tertiary alicyclic amines) is 1. The highest BCUT2D eigenvalue weighted by atomic mass is 16.2. The Hall–Kier alpha value is -2.14. The number of hydrogen-bond donors (Lipinski definition) is 0. The topological polar surface area (TPSA) is 41.4 Å². The maximum Gasteiger partial charge on any atom is 0.244 e. The van der Waals surface area contributed by atoms with Crippen LogP contribution in [0.4, 0.5) is 0 Å². The largest absolute Gasteiger partial charge is 0.336 e. The van der Waals surface area contributed by atoms with Crippen LogP contribution < -0.4 is 0 Å². The molecule has 1 aromatic carbocycles. The zero-order chi connectivity index (χ0) is 16.9. The minimum Gasteiger partial charge on any atom is -0.336 e. The van der Waals surface area contributed by atoms with Gasteiger partial charge in [-0.25, -0.2) is 0 Å². The third-order valence-corrected chi connectivity index (χ3v) is 4.91. The normalized spacial score (nSPS) is 19.0. The van der Waals surface area contributed by atoms with E-state index >= 15 is 0 Å². The van der Waals surface area contributed by atoms with Gasteiger partial charge in [0, 0.05) is 18.9 Å². The number of carbonyl (C=O) groups excluding carboxylic acids is 1. The SMILES string of the molecule is CCN(C)[C@@H](C(=O)N1CCC[C@H]1Cn1cccn1)c1ccccc1. The first-order valence-electron chi connectivity index (χ1n) is 8.73. The van der Waals surface area contributed by atoms with Gasteiger partial charge < -0.3 is 4.90 Å². The Morgan fingerprint density at radius 1 is 1.33 bits per heavy atom. The third-order valence-electron chi connectivity index (χ3n) is 4.91. The highest BCUT2D eigenvalue weighted by Gasteiger charge is 2.35. The Morgan fingerprint density at radius 3 is 2.79 bits per heavy atom. The van der Waals surface area contributed by atoms with Crippen LogP contribution in [0, 0.1) is 0 Å². The summed E-state index contributed by atoms with van der Waals surface area (Å²) in [6, 6.07) is 12.0. The first-order valence-corrected chi connectivity index (χ1v) is 8.73. The highest BCUT2D eigenvalue weighted by molar-refractivity contribution is 5.83. The van der Waals surface area contributed by atoms with Gasteiger partial charge in [0.1, 0.15) is 6.04 Å². The number of amides is 1. The molecule has 0 N–H and O–H groups in total. The minimum absolute atomic E-state index is 0.209. The van der Waals surface area contributed by atoms with Crippen molar-refractivity contribution in [2.24, 2.45) is 0 Å². The van der Waals surface area contributed by atoms with E-state index < -0.39 is 0 Å². The van der Waals surface area contributed by atoms with Gasteiger partial charge in [0.2, 0.25) is 5.91 Å². The maximum absolute atomic E-state index is 13.3. The molecule has 24 heavy (non-hydrogen) atoms. The van der Waals surface area contributed by atoms with E-state index in [0.29, 0.717) is 0 Å². The van der Waals surface area contributed by atoms with E-state index in [2.05, 4.69) is 21.8 Å². The number of hydrogen-bond acceptors (Lipinski definition) is 3. The molecule has 0 spiro atoms. The van der Waals surface area contributed by atoms with Crippen LogP contribution in [0.25, 0.3) is 0 Å². The molecule has 0 unspecified atom stereocenters. The van der Waals surface area contributed by atoms with E-state index in [0.717, 1.165) is 38.0 Å². The zero-order valence-electron chi connectivity index (χ0n) is 14.5. The molecule has 5 heteroatoms. The van der Waals surface area contributed by atoms with E-state index in [1.165, 1.54) is 0 Å². The fraction of sp³-hybridized carbons (Fsp3) is 0.474. The van der Waals surface area contributed by atoms with Gasteiger partial charge in [-0.3, -0.25) is 14.4 Å². The lowest BCUT2D eigenvalue weighted by atomic mass is 10.0. The second-order valence-electron chi connectivity index (χ2n) is 6.44. The summed E-state index contributed by atoms with van der Waals surface area (Å²) in [4.78, 5) is 17.5. The zero-order valence-corrected chi connectivity index (χ0v) is 14.5. The number of aromatic nitrogens is 2. The van der Waals surface area contributed by atoms with Crippen molar-refractivity contribution in [2.45, 2.75) is 38.4 Å². The van der Waals surface area contributed by atoms with E-state index in [9.17, 15) is 4.79 Å². The van der Waals surface area contributed by atoms with E-state index in [1.807, 2.05) is 54.3 Å². The molecule has 2 heterocycles. The molecule has 1 aliphatic heterocycles. The number of carbonyl (C=O) groups is 1. The molecule has 1 aromatic heterocycles. The molecule has 1 saturated heterocycles. The number of likely N-dealkylation sites (N-methyl/N-ethyl adjacent to an activating group) is 1. The molecule has 0 bridgehead atoms. The van der Waals surface area contributed by atoms with Gasteiger partial charge in [-0.2, -0.15) is 5.10 Å². The Morgan fingerprint density at radius 2 is 2.12 bits per heavy atom. The average Bonchev–Trinajstić information content (AvgIpc) is 3.28. The van der Waals surface area contributed by atoms with Crippen molar-refractivity contribution in [3.8, 4) is 0 Å². The van der Waals surface area contributed by atoms with Gasteiger partial charge in [-0.1, -0.05) is 37.3 Å². The highest BCUT2D eigenvalue weighted by Crippen LogP contribution is 2.27. The Balaban J connectivity index is 1.81. The second-order valence-corrected chi connectivity index (χ2v) is 6.44. The summed E-state index contributed by atoms with van der Waals surface area (Å²) >= 11 is 0. The first kappa shape index (κ1) is 16.7. The lowest BCUT2D eigenvalue weighted by molar-refractivity contribution is -0.137. The van der Waals surface area contributed by atoms with Crippen molar-refractivity contribution in [1.29, 1.82) is 0 Å². The molecule has 1 fully saturated rings. The van der Waals surface area contributed by atoms with Crippen LogP contribution in [-0.4, -0.2) is 51.7 Å². The molecule has 2 atom stereocenters. The lowest BCUT2D eigenvalue weighted by Crippen LogP contribution is -2.45. The van der Waals surface area contributed by atoms with Crippen LogP contribution in [0.1, 0.15) is 31.4 Å². The average molecular weight is 326 g/mol. The molecule has 3 rings (SSSR count). The molecular weight excluding hydrogens is 300 g/mol. The van der Waals surface area contributed by atoms with Crippen molar-refractivity contribution < 1.29 is 4.79 Å². The maximum atomic E-state index is 13.3. The standard InChI is InChI=1S/C19H26N4O/c1-3-21(2)18(16-9-5-4-6-10-16)19(24)23-14-7-11-17(23)15-22-13-8-12-20-22/h4-6,8-10,12-13,17-18H,3,7,11,14-15H2,1-2H3/t17-,18+/m0/s1. The van der Waals surface area contributed by atoms with Crippen molar-refractivity contribution in [3.63, 3.8) is 0 Å².